The summed E-state index contributed by atoms with van der Waals surface area (Å²) in [6.07, 6.45) is 1.01. The number of phenolic OH excluding ortho intramolecular Hbond substituents is 2. The van der Waals surface area contributed by atoms with Gasteiger partial charge in [-0.25, -0.2) is 24.5 Å². The van der Waals surface area contributed by atoms with Crippen LogP contribution < -0.4 is 0 Å². The van der Waals surface area contributed by atoms with Gasteiger partial charge in [-0.15, -0.1) is 0 Å². The molecule has 142 valence electrons. The lowest BCUT2D eigenvalue weighted by Crippen LogP contribution is -2.00. The highest BCUT2D eigenvalue weighted by atomic mass is 16.4. The second-order valence-corrected chi connectivity index (χ2v) is 5.52. The third-order valence-electron chi connectivity index (χ3n) is 3.74. The molecule has 11 nitrogen and oxygen atoms in total. The summed E-state index contributed by atoms with van der Waals surface area (Å²) in [5.41, 5.74) is -1.28. The van der Waals surface area contributed by atoms with Crippen LogP contribution in [0, 0.1) is 0 Å². The molecule has 0 unspecified atom stereocenters. The summed E-state index contributed by atoms with van der Waals surface area (Å²) < 4.78 is 0. The van der Waals surface area contributed by atoms with Gasteiger partial charge in [0.15, 0.2) is 11.6 Å². The fraction of sp³-hybridized carbons (Fsp3) is 0. The molecule has 1 aromatic heterocycles. The molecular formula is C17H11N3O8. The van der Waals surface area contributed by atoms with E-state index >= 15 is 0 Å². The molecule has 0 amide bonds. The first kappa shape index (κ1) is 18.4. The lowest BCUT2D eigenvalue weighted by atomic mass is 10.1. The van der Waals surface area contributed by atoms with Gasteiger partial charge in [-0.1, -0.05) is 0 Å². The van der Waals surface area contributed by atoms with Crippen molar-refractivity contribution in [2.45, 2.75) is 0 Å². The van der Waals surface area contributed by atoms with Crippen LogP contribution in [0.25, 0.3) is 22.8 Å². The fourth-order valence-corrected chi connectivity index (χ4v) is 2.41. The maximum Gasteiger partial charge on any atom is 0.339 e. The third-order valence-corrected chi connectivity index (χ3v) is 3.74. The zero-order valence-corrected chi connectivity index (χ0v) is 13.7. The number of phenols is 4. The Hall–Kier alpha value is -4.41. The molecular weight excluding hydrogens is 374 g/mol. The number of nitrogens with zero attached hydrogens (tertiary/aromatic N) is 3. The highest BCUT2D eigenvalue weighted by molar-refractivity contribution is 5.93. The minimum Gasteiger partial charge on any atom is -0.507 e. The minimum atomic E-state index is -1.45. The van der Waals surface area contributed by atoms with Gasteiger partial charge in [0.05, 0.1) is 11.1 Å². The van der Waals surface area contributed by atoms with Crippen molar-refractivity contribution in [3.63, 3.8) is 0 Å². The lowest BCUT2D eigenvalue weighted by molar-refractivity contribution is 0.0682. The van der Waals surface area contributed by atoms with Gasteiger partial charge in [-0.3, -0.25) is 0 Å². The topological polar surface area (TPSA) is 194 Å². The summed E-state index contributed by atoms with van der Waals surface area (Å²) in [4.78, 5) is 33.7. The van der Waals surface area contributed by atoms with Crippen molar-refractivity contribution >= 4 is 11.9 Å². The number of carboxylic acid groups (broad SMARTS) is 2. The zero-order valence-electron chi connectivity index (χ0n) is 13.7. The summed E-state index contributed by atoms with van der Waals surface area (Å²) in [6, 6.07) is 3.54. The Labute approximate surface area is 155 Å². The number of hydrogen-bond acceptors (Lipinski definition) is 9. The number of carboxylic acids is 2. The summed E-state index contributed by atoms with van der Waals surface area (Å²) in [6.45, 7) is 0. The van der Waals surface area contributed by atoms with Crippen molar-refractivity contribution in [2.75, 3.05) is 0 Å². The molecule has 0 spiro atoms. The van der Waals surface area contributed by atoms with E-state index in [9.17, 15) is 30.0 Å². The molecule has 2 aromatic carbocycles. The highest BCUT2D eigenvalue weighted by Gasteiger charge is 2.20. The number of aromatic hydroxyl groups is 4. The molecule has 0 bridgehead atoms. The van der Waals surface area contributed by atoms with Crippen molar-refractivity contribution in [3.8, 4) is 45.8 Å². The fourth-order valence-electron chi connectivity index (χ4n) is 2.41. The van der Waals surface area contributed by atoms with Gasteiger partial charge < -0.3 is 30.6 Å². The Morgan fingerprint density at radius 2 is 1.04 bits per heavy atom. The summed E-state index contributed by atoms with van der Waals surface area (Å²) in [5.74, 6) is -5.56. The molecule has 0 saturated heterocycles. The molecule has 0 fully saturated rings. The van der Waals surface area contributed by atoms with Crippen LogP contribution >= 0.6 is 0 Å². The Morgan fingerprint density at radius 3 is 1.39 bits per heavy atom. The van der Waals surface area contributed by atoms with Gasteiger partial charge in [-0.2, -0.15) is 0 Å². The van der Waals surface area contributed by atoms with Crippen LogP contribution in [0.4, 0.5) is 0 Å². The Morgan fingerprint density at radius 1 is 0.643 bits per heavy atom. The molecule has 11 heteroatoms. The van der Waals surface area contributed by atoms with Crippen molar-refractivity contribution in [1.82, 2.24) is 15.0 Å². The molecule has 28 heavy (non-hydrogen) atoms. The normalized spacial score (nSPS) is 10.6. The van der Waals surface area contributed by atoms with Gasteiger partial charge in [0.2, 0.25) is 0 Å². The van der Waals surface area contributed by atoms with Crippen LogP contribution in [0.5, 0.6) is 23.0 Å². The standard InChI is InChI=1S/C17H11N3O8/c21-10-3-8(16(25)26)12(23)1-6(10)14-18-5-19-15(20-14)7-2-13(24)9(17(27)28)4-11(7)22/h1-5,21-24H,(H,25,26)(H,27,28). The van der Waals surface area contributed by atoms with Crippen LogP contribution in [0.3, 0.4) is 0 Å². The summed E-state index contributed by atoms with van der Waals surface area (Å²) >= 11 is 0. The monoisotopic (exact) mass is 385 g/mol. The maximum atomic E-state index is 11.0. The second kappa shape index (κ2) is 6.72. The van der Waals surface area contributed by atoms with E-state index in [0.717, 1.165) is 30.6 Å². The Kier molecular flexibility index (Phi) is 4.41. The predicted molar refractivity (Wildman–Crippen MR) is 91.3 cm³/mol. The van der Waals surface area contributed by atoms with Gasteiger partial charge >= 0.3 is 11.9 Å². The first-order valence-corrected chi connectivity index (χ1v) is 7.47. The molecule has 0 saturated carbocycles. The average molecular weight is 385 g/mol. The molecule has 0 atom stereocenters. The highest BCUT2D eigenvalue weighted by Crippen LogP contribution is 2.36. The molecule has 0 aliphatic rings. The van der Waals surface area contributed by atoms with Gasteiger partial charge in [0, 0.05) is 0 Å². The molecule has 6 N–H and O–H groups in total. The number of carbonyl (C=O) groups is 2. The van der Waals surface area contributed by atoms with E-state index in [-0.39, 0.29) is 22.8 Å². The van der Waals surface area contributed by atoms with Crippen molar-refractivity contribution in [1.29, 1.82) is 0 Å². The van der Waals surface area contributed by atoms with E-state index in [1.165, 1.54) is 0 Å². The number of rotatable bonds is 4. The summed E-state index contributed by atoms with van der Waals surface area (Å²) in [5, 5.41) is 57.6. The van der Waals surface area contributed by atoms with E-state index in [4.69, 9.17) is 10.2 Å². The molecule has 0 radical (unpaired) electrons. The van der Waals surface area contributed by atoms with E-state index in [1.807, 2.05) is 0 Å². The number of hydrogen-bond donors (Lipinski definition) is 6. The smallest absolute Gasteiger partial charge is 0.339 e. The zero-order chi connectivity index (χ0) is 20.6. The van der Waals surface area contributed by atoms with Crippen molar-refractivity contribution in [3.05, 3.63) is 41.7 Å². The van der Waals surface area contributed by atoms with Crippen LogP contribution in [-0.4, -0.2) is 57.5 Å². The van der Waals surface area contributed by atoms with Crippen molar-refractivity contribution in [2.24, 2.45) is 0 Å². The number of aromatic nitrogens is 3. The minimum absolute atomic E-state index is 0.114. The quantitative estimate of drug-likeness (QED) is 0.355. The number of aromatic carboxylic acids is 2. The molecule has 3 aromatic rings. The van der Waals surface area contributed by atoms with Crippen molar-refractivity contribution < 1.29 is 40.2 Å². The van der Waals surface area contributed by atoms with E-state index in [1.54, 1.807) is 0 Å². The van der Waals surface area contributed by atoms with Crippen LogP contribution in [-0.2, 0) is 0 Å². The Bertz CT molecular complexity index is 1040. The van der Waals surface area contributed by atoms with Gasteiger partial charge in [0.25, 0.3) is 0 Å². The van der Waals surface area contributed by atoms with Crippen LogP contribution in [0.1, 0.15) is 20.7 Å². The third kappa shape index (κ3) is 3.19. The van der Waals surface area contributed by atoms with Crippen LogP contribution in [0.15, 0.2) is 30.6 Å². The molecule has 0 aliphatic carbocycles. The van der Waals surface area contributed by atoms with Gasteiger partial charge in [-0.05, 0) is 24.3 Å². The number of benzene rings is 2. The average Bonchev–Trinajstić information content (AvgIpc) is 2.64. The SMILES string of the molecule is O=C(O)c1cc(O)c(-c2ncnc(-c3cc(O)c(C(=O)O)cc3O)n2)cc1O. The van der Waals surface area contributed by atoms with Crippen LogP contribution in [0.2, 0.25) is 0 Å². The Balaban J connectivity index is 2.12. The first-order valence-electron chi connectivity index (χ1n) is 7.47. The van der Waals surface area contributed by atoms with E-state index < -0.39 is 46.1 Å². The first-order chi connectivity index (χ1) is 13.2. The molecule has 3 rings (SSSR count). The maximum absolute atomic E-state index is 11.0. The lowest BCUT2D eigenvalue weighted by Gasteiger charge is -2.09. The molecule has 0 aliphatic heterocycles. The molecule has 1 heterocycles. The predicted octanol–water partition coefficient (Wildman–Crippen LogP) is 1.42. The second-order valence-electron chi connectivity index (χ2n) is 5.52. The largest absolute Gasteiger partial charge is 0.507 e. The summed E-state index contributed by atoms with van der Waals surface area (Å²) in [7, 11) is 0. The van der Waals surface area contributed by atoms with E-state index in [2.05, 4.69) is 15.0 Å². The van der Waals surface area contributed by atoms with E-state index in [0.29, 0.717) is 0 Å². The van der Waals surface area contributed by atoms with Gasteiger partial charge in [0.1, 0.15) is 40.5 Å².